The molecule has 0 saturated heterocycles. The summed E-state index contributed by atoms with van der Waals surface area (Å²) in [6, 6.07) is 3.28. The molecule has 1 rings (SSSR count). The van der Waals surface area contributed by atoms with Crippen molar-refractivity contribution in [1.29, 1.82) is 0 Å². The second-order valence-corrected chi connectivity index (χ2v) is 2.74. The van der Waals surface area contributed by atoms with Crippen LogP contribution in [0.5, 0.6) is 5.75 Å². The maximum absolute atomic E-state index is 10.8. The lowest BCUT2D eigenvalue weighted by Gasteiger charge is -2.05. The summed E-state index contributed by atoms with van der Waals surface area (Å²) in [5, 5.41) is 19.3. The fourth-order valence-electron chi connectivity index (χ4n) is 1.04. The van der Waals surface area contributed by atoms with Crippen LogP contribution in [0.4, 0.5) is 5.69 Å². The molecule has 16 heavy (non-hydrogen) atoms. The van der Waals surface area contributed by atoms with E-state index < -0.39 is 10.9 Å². The summed E-state index contributed by atoms with van der Waals surface area (Å²) in [6.07, 6.45) is 4.95. The van der Waals surface area contributed by atoms with Crippen molar-refractivity contribution in [2.24, 2.45) is 0 Å². The second-order valence-electron chi connectivity index (χ2n) is 2.74. The highest BCUT2D eigenvalue weighted by Crippen LogP contribution is 2.24. The molecular weight excluding hydrogens is 214 g/mol. The van der Waals surface area contributed by atoms with Gasteiger partial charge >= 0.3 is 5.97 Å². The van der Waals surface area contributed by atoms with E-state index in [-0.39, 0.29) is 23.6 Å². The summed E-state index contributed by atoms with van der Waals surface area (Å²) in [6.45, 7) is -0.0991. The molecule has 0 aliphatic rings. The van der Waals surface area contributed by atoms with Crippen LogP contribution in [-0.2, 0) is 0 Å². The third-order valence-electron chi connectivity index (χ3n) is 1.72. The van der Waals surface area contributed by atoms with Crippen molar-refractivity contribution >= 4 is 11.7 Å². The number of non-ortho nitro benzene ring substituents is 1. The van der Waals surface area contributed by atoms with E-state index in [1.165, 1.54) is 6.07 Å². The second kappa shape index (κ2) is 4.79. The Morgan fingerprint density at radius 1 is 1.62 bits per heavy atom. The maximum Gasteiger partial charge on any atom is 0.339 e. The predicted molar refractivity (Wildman–Crippen MR) is 54.4 cm³/mol. The molecule has 0 aromatic heterocycles. The zero-order valence-electron chi connectivity index (χ0n) is 8.04. The number of nitro benzene ring substituents is 1. The molecule has 0 unspecified atom stereocenters. The van der Waals surface area contributed by atoms with Crippen LogP contribution in [0.2, 0.25) is 0 Å². The zero-order valence-corrected chi connectivity index (χ0v) is 8.04. The minimum Gasteiger partial charge on any atom is -0.480 e. The smallest absolute Gasteiger partial charge is 0.339 e. The van der Waals surface area contributed by atoms with Gasteiger partial charge in [-0.15, -0.1) is 6.42 Å². The maximum atomic E-state index is 10.8. The Labute approximate surface area is 90.6 Å². The van der Waals surface area contributed by atoms with Crippen LogP contribution in [0.3, 0.4) is 0 Å². The van der Waals surface area contributed by atoms with Gasteiger partial charge in [0.1, 0.15) is 17.9 Å². The van der Waals surface area contributed by atoms with Crippen LogP contribution in [0.1, 0.15) is 10.4 Å². The molecule has 0 amide bonds. The van der Waals surface area contributed by atoms with Gasteiger partial charge in [-0.05, 0) is 6.07 Å². The molecule has 0 heterocycles. The molecule has 0 bridgehead atoms. The quantitative estimate of drug-likeness (QED) is 0.470. The number of aromatic carboxylic acids is 1. The average Bonchev–Trinajstić information content (AvgIpc) is 2.25. The number of nitro groups is 1. The Kier molecular flexibility index (Phi) is 3.45. The summed E-state index contributed by atoms with van der Waals surface area (Å²) in [5.41, 5.74) is -0.602. The minimum absolute atomic E-state index is 0.0102. The Balaban J connectivity index is 3.15. The fraction of sp³-hybridized carbons (Fsp3) is 0.100. The topological polar surface area (TPSA) is 89.7 Å². The zero-order chi connectivity index (χ0) is 12.1. The number of carboxylic acid groups (broad SMARTS) is 1. The molecular formula is C10H7NO5. The van der Waals surface area contributed by atoms with Crippen LogP contribution >= 0.6 is 0 Å². The van der Waals surface area contributed by atoms with Crippen LogP contribution in [0, 0.1) is 22.5 Å². The van der Waals surface area contributed by atoms with Gasteiger partial charge < -0.3 is 9.84 Å². The highest BCUT2D eigenvalue weighted by molar-refractivity contribution is 5.91. The van der Waals surface area contributed by atoms with Crippen LogP contribution in [-0.4, -0.2) is 22.6 Å². The first-order valence-electron chi connectivity index (χ1n) is 4.14. The van der Waals surface area contributed by atoms with Crippen molar-refractivity contribution in [3.8, 4) is 18.1 Å². The number of carboxylic acids is 1. The largest absolute Gasteiger partial charge is 0.480 e. The van der Waals surface area contributed by atoms with Crippen molar-refractivity contribution in [3.05, 3.63) is 33.9 Å². The number of rotatable bonds is 4. The average molecular weight is 221 g/mol. The van der Waals surface area contributed by atoms with Crippen LogP contribution < -0.4 is 4.74 Å². The Bertz CT molecular complexity index is 475. The highest BCUT2D eigenvalue weighted by atomic mass is 16.6. The van der Waals surface area contributed by atoms with Crippen molar-refractivity contribution in [2.75, 3.05) is 6.61 Å². The molecule has 82 valence electrons. The molecule has 0 atom stereocenters. The molecule has 1 N–H and O–H groups in total. The van der Waals surface area contributed by atoms with Crippen molar-refractivity contribution in [1.82, 2.24) is 0 Å². The number of hydrogen-bond donors (Lipinski definition) is 1. The van der Waals surface area contributed by atoms with E-state index in [0.717, 1.165) is 12.1 Å². The summed E-state index contributed by atoms with van der Waals surface area (Å²) >= 11 is 0. The summed E-state index contributed by atoms with van der Waals surface area (Å²) < 4.78 is 4.94. The third kappa shape index (κ3) is 2.48. The van der Waals surface area contributed by atoms with E-state index >= 15 is 0 Å². The molecule has 0 aliphatic carbocycles. The van der Waals surface area contributed by atoms with E-state index in [9.17, 15) is 14.9 Å². The summed E-state index contributed by atoms with van der Waals surface area (Å²) in [7, 11) is 0. The summed E-state index contributed by atoms with van der Waals surface area (Å²) in [5.74, 6) is 0.871. The van der Waals surface area contributed by atoms with Gasteiger partial charge in [-0.25, -0.2) is 4.79 Å². The third-order valence-corrected chi connectivity index (χ3v) is 1.72. The number of carbonyl (C=O) groups is 1. The molecule has 0 spiro atoms. The molecule has 6 nitrogen and oxygen atoms in total. The lowest BCUT2D eigenvalue weighted by Crippen LogP contribution is -2.04. The molecule has 0 aliphatic heterocycles. The van der Waals surface area contributed by atoms with Gasteiger partial charge in [0, 0.05) is 12.1 Å². The summed E-state index contributed by atoms with van der Waals surface area (Å²) in [4.78, 5) is 20.6. The first kappa shape index (κ1) is 11.5. The molecule has 1 aromatic rings. The van der Waals surface area contributed by atoms with Crippen LogP contribution in [0.25, 0.3) is 0 Å². The van der Waals surface area contributed by atoms with Gasteiger partial charge in [0.2, 0.25) is 0 Å². The number of ether oxygens (including phenoxy) is 1. The minimum atomic E-state index is -1.31. The lowest BCUT2D eigenvalue weighted by atomic mass is 10.2. The molecule has 1 aromatic carbocycles. The Morgan fingerprint density at radius 3 is 2.81 bits per heavy atom. The van der Waals surface area contributed by atoms with Crippen LogP contribution in [0.15, 0.2) is 18.2 Å². The molecule has 0 radical (unpaired) electrons. The number of benzene rings is 1. The van der Waals surface area contributed by atoms with E-state index in [4.69, 9.17) is 16.3 Å². The van der Waals surface area contributed by atoms with Gasteiger partial charge in [0.15, 0.2) is 0 Å². The van der Waals surface area contributed by atoms with Gasteiger partial charge in [0.05, 0.1) is 4.92 Å². The van der Waals surface area contributed by atoms with E-state index in [1.54, 1.807) is 0 Å². The number of hydrogen-bond acceptors (Lipinski definition) is 4. The van der Waals surface area contributed by atoms with Gasteiger partial charge in [-0.1, -0.05) is 5.92 Å². The van der Waals surface area contributed by atoms with Crippen molar-refractivity contribution in [2.45, 2.75) is 0 Å². The van der Waals surface area contributed by atoms with E-state index in [1.807, 2.05) is 0 Å². The first-order chi connectivity index (χ1) is 7.56. The van der Waals surface area contributed by atoms with Gasteiger partial charge in [0.25, 0.3) is 5.69 Å². The number of terminal acetylenes is 1. The highest BCUT2D eigenvalue weighted by Gasteiger charge is 2.16. The molecule has 0 fully saturated rings. The monoisotopic (exact) mass is 221 g/mol. The SMILES string of the molecule is C#CCOc1ccc([N+](=O)[O-])cc1C(=O)O. The normalized spacial score (nSPS) is 9.19. The van der Waals surface area contributed by atoms with Crippen molar-refractivity contribution in [3.63, 3.8) is 0 Å². The lowest BCUT2D eigenvalue weighted by molar-refractivity contribution is -0.384. The Hall–Kier alpha value is -2.55. The predicted octanol–water partition coefficient (Wildman–Crippen LogP) is 1.30. The van der Waals surface area contributed by atoms with E-state index in [0.29, 0.717) is 0 Å². The first-order valence-corrected chi connectivity index (χ1v) is 4.14. The number of nitrogens with zero attached hydrogens (tertiary/aromatic N) is 1. The fourth-order valence-corrected chi connectivity index (χ4v) is 1.04. The van der Waals surface area contributed by atoms with Crippen molar-refractivity contribution < 1.29 is 19.6 Å². The molecule has 0 saturated carbocycles. The molecule has 6 heteroatoms. The van der Waals surface area contributed by atoms with E-state index in [2.05, 4.69) is 5.92 Å². The van der Waals surface area contributed by atoms with Gasteiger partial charge in [-0.3, -0.25) is 10.1 Å². The standard InChI is InChI=1S/C10H7NO5/c1-2-5-16-9-4-3-7(11(14)15)6-8(9)10(12)13/h1,3-4,6H,5H2,(H,12,13). The Morgan fingerprint density at radius 2 is 2.31 bits per heavy atom. The van der Waals surface area contributed by atoms with Gasteiger partial charge in [-0.2, -0.15) is 0 Å².